The Labute approximate surface area is 185 Å². The van der Waals surface area contributed by atoms with Crippen LogP contribution in [0, 0.1) is 5.82 Å². The van der Waals surface area contributed by atoms with Crippen molar-refractivity contribution in [1.82, 2.24) is 24.7 Å². The average molecular weight is 462 g/mol. The molecule has 4 rings (SSSR count). The molecule has 0 unspecified atom stereocenters. The van der Waals surface area contributed by atoms with E-state index in [1.54, 1.807) is 17.1 Å². The highest BCUT2D eigenvalue weighted by molar-refractivity contribution is 7.89. The predicted molar refractivity (Wildman–Crippen MR) is 113 cm³/mol. The van der Waals surface area contributed by atoms with Crippen molar-refractivity contribution >= 4 is 10.0 Å². The van der Waals surface area contributed by atoms with E-state index in [0.717, 1.165) is 23.4 Å². The molecule has 0 saturated carbocycles. The normalized spacial score (nSPS) is 21.5. The van der Waals surface area contributed by atoms with E-state index in [-0.39, 0.29) is 17.6 Å². The highest BCUT2D eigenvalue weighted by atomic mass is 32.2. The van der Waals surface area contributed by atoms with Crippen LogP contribution in [0.15, 0.2) is 59.9 Å². The first-order valence-corrected chi connectivity index (χ1v) is 11.8. The fourth-order valence-corrected chi connectivity index (χ4v) is 4.99. The maximum atomic E-state index is 13.1. The Morgan fingerprint density at radius 2 is 2.03 bits per heavy atom. The SMILES string of the molecule is O=S(=O)(N[C@@H]1CC[C@@H](CCn2cc(-c3cccnc3)nn2)O[C@H]1CO)c1ccc(F)cc1. The Hall–Kier alpha value is -2.73. The van der Waals surface area contributed by atoms with Gasteiger partial charge in [-0.15, -0.1) is 5.10 Å². The van der Waals surface area contributed by atoms with Crippen LogP contribution in [0.1, 0.15) is 19.3 Å². The van der Waals surface area contributed by atoms with Crippen LogP contribution in [0.5, 0.6) is 0 Å². The number of hydrogen-bond acceptors (Lipinski definition) is 7. The van der Waals surface area contributed by atoms with E-state index in [9.17, 15) is 17.9 Å². The summed E-state index contributed by atoms with van der Waals surface area (Å²) in [4.78, 5) is 4.04. The van der Waals surface area contributed by atoms with Crippen molar-refractivity contribution in [3.05, 3.63) is 60.8 Å². The molecule has 1 aliphatic heterocycles. The first kappa shape index (κ1) is 22.5. The number of nitrogens with one attached hydrogen (secondary N) is 1. The number of halogens is 1. The molecule has 2 N–H and O–H groups in total. The molecule has 0 radical (unpaired) electrons. The topological polar surface area (TPSA) is 119 Å². The maximum Gasteiger partial charge on any atom is 0.240 e. The van der Waals surface area contributed by atoms with Crippen molar-refractivity contribution in [2.24, 2.45) is 0 Å². The zero-order valence-electron chi connectivity index (χ0n) is 17.2. The summed E-state index contributed by atoms with van der Waals surface area (Å²) in [7, 11) is -3.85. The summed E-state index contributed by atoms with van der Waals surface area (Å²) in [5.41, 5.74) is 1.61. The van der Waals surface area contributed by atoms with E-state index in [0.29, 0.717) is 25.8 Å². The minimum absolute atomic E-state index is 0.0340. The van der Waals surface area contributed by atoms with Gasteiger partial charge in [0.05, 0.1) is 35.9 Å². The number of aryl methyl sites for hydroxylation is 1. The summed E-state index contributed by atoms with van der Waals surface area (Å²) in [6, 6.07) is 7.76. The largest absolute Gasteiger partial charge is 0.394 e. The fraction of sp³-hybridized carbons (Fsp3) is 0.381. The molecule has 9 nitrogen and oxygen atoms in total. The van der Waals surface area contributed by atoms with E-state index < -0.39 is 28.0 Å². The van der Waals surface area contributed by atoms with Gasteiger partial charge < -0.3 is 9.84 Å². The predicted octanol–water partition coefficient (Wildman–Crippen LogP) is 1.76. The Balaban J connectivity index is 1.33. The van der Waals surface area contributed by atoms with Crippen molar-refractivity contribution < 1.29 is 22.7 Å². The van der Waals surface area contributed by atoms with Gasteiger partial charge in [0, 0.05) is 24.5 Å². The van der Waals surface area contributed by atoms with E-state index in [1.165, 1.54) is 12.1 Å². The van der Waals surface area contributed by atoms with Crippen LogP contribution in [0.25, 0.3) is 11.3 Å². The van der Waals surface area contributed by atoms with E-state index in [2.05, 4.69) is 20.0 Å². The zero-order chi connectivity index (χ0) is 22.6. The maximum absolute atomic E-state index is 13.1. The minimum Gasteiger partial charge on any atom is -0.394 e. The van der Waals surface area contributed by atoms with Crippen LogP contribution >= 0.6 is 0 Å². The highest BCUT2D eigenvalue weighted by Gasteiger charge is 2.34. The third kappa shape index (κ3) is 5.36. The van der Waals surface area contributed by atoms with Crippen LogP contribution < -0.4 is 4.72 Å². The van der Waals surface area contributed by atoms with Crippen LogP contribution in [-0.2, 0) is 21.3 Å². The molecule has 1 fully saturated rings. The second kappa shape index (κ2) is 9.82. The van der Waals surface area contributed by atoms with Gasteiger partial charge in [0.25, 0.3) is 0 Å². The number of sulfonamides is 1. The summed E-state index contributed by atoms with van der Waals surface area (Å²) >= 11 is 0. The number of aliphatic hydroxyl groups excluding tert-OH is 1. The minimum atomic E-state index is -3.85. The van der Waals surface area contributed by atoms with Gasteiger partial charge in [0.1, 0.15) is 11.5 Å². The molecule has 3 aromatic rings. The lowest BCUT2D eigenvalue weighted by Gasteiger charge is -2.36. The molecule has 2 aromatic heterocycles. The first-order chi connectivity index (χ1) is 15.4. The Morgan fingerprint density at radius 1 is 1.22 bits per heavy atom. The molecular weight excluding hydrogens is 437 g/mol. The lowest BCUT2D eigenvalue weighted by molar-refractivity contribution is -0.0891. The van der Waals surface area contributed by atoms with Crippen molar-refractivity contribution in [2.45, 2.75) is 49.0 Å². The monoisotopic (exact) mass is 461 g/mol. The standard InChI is InChI=1S/C21H24FN5O4S/c22-16-3-6-18(7-4-16)32(29,30)25-19-8-5-17(31-21(19)14-28)9-11-27-13-20(24-26-27)15-2-1-10-23-12-15/h1-4,6-7,10,12-13,17,19,21,25,28H,5,8-9,11,14H2/t17-,19+,21-/m0/s1. The van der Waals surface area contributed by atoms with Crippen LogP contribution in [-0.4, -0.2) is 58.4 Å². The van der Waals surface area contributed by atoms with Crippen LogP contribution in [0.2, 0.25) is 0 Å². The van der Waals surface area contributed by atoms with E-state index in [4.69, 9.17) is 4.74 Å². The summed E-state index contributed by atoms with van der Waals surface area (Å²) in [5, 5.41) is 18.0. The number of pyridine rings is 1. The molecule has 170 valence electrons. The number of benzene rings is 1. The summed E-state index contributed by atoms with van der Waals surface area (Å²) in [5.74, 6) is -0.513. The van der Waals surface area contributed by atoms with E-state index in [1.807, 2.05) is 18.3 Å². The molecule has 11 heteroatoms. The second-order valence-electron chi connectivity index (χ2n) is 7.64. The number of aliphatic hydroxyl groups is 1. The Bertz CT molecular complexity index is 1120. The van der Waals surface area contributed by atoms with Gasteiger partial charge in [-0.1, -0.05) is 5.21 Å². The molecule has 1 saturated heterocycles. The van der Waals surface area contributed by atoms with Gasteiger partial charge in [-0.25, -0.2) is 17.5 Å². The van der Waals surface area contributed by atoms with Crippen molar-refractivity contribution in [2.75, 3.05) is 6.61 Å². The number of hydrogen-bond donors (Lipinski definition) is 2. The number of nitrogens with zero attached hydrogens (tertiary/aromatic N) is 4. The lowest BCUT2D eigenvalue weighted by Crippen LogP contribution is -2.50. The lowest BCUT2D eigenvalue weighted by atomic mass is 9.98. The summed E-state index contributed by atoms with van der Waals surface area (Å²) in [6.45, 7) is 0.254. The van der Waals surface area contributed by atoms with Crippen LogP contribution in [0.4, 0.5) is 4.39 Å². The first-order valence-electron chi connectivity index (χ1n) is 10.3. The number of aromatic nitrogens is 4. The molecule has 1 aliphatic rings. The second-order valence-corrected chi connectivity index (χ2v) is 9.35. The molecule has 3 heterocycles. The Kier molecular flexibility index (Phi) is 6.89. The molecule has 0 spiro atoms. The van der Waals surface area contributed by atoms with Gasteiger partial charge in [-0.2, -0.15) is 0 Å². The fourth-order valence-electron chi connectivity index (χ4n) is 3.69. The van der Waals surface area contributed by atoms with E-state index >= 15 is 0 Å². The van der Waals surface area contributed by atoms with Gasteiger partial charge in [0.15, 0.2) is 0 Å². The van der Waals surface area contributed by atoms with Crippen molar-refractivity contribution in [1.29, 1.82) is 0 Å². The molecule has 0 bridgehead atoms. The summed E-state index contributed by atoms with van der Waals surface area (Å²) < 4.78 is 48.5. The quantitative estimate of drug-likeness (QED) is 0.525. The van der Waals surface area contributed by atoms with Gasteiger partial charge >= 0.3 is 0 Å². The Morgan fingerprint density at radius 3 is 2.75 bits per heavy atom. The van der Waals surface area contributed by atoms with Gasteiger partial charge in [0.2, 0.25) is 10.0 Å². The molecule has 0 aliphatic carbocycles. The van der Waals surface area contributed by atoms with Crippen LogP contribution in [0.3, 0.4) is 0 Å². The third-order valence-corrected chi connectivity index (χ3v) is 6.91. The average Bonchev–Trinajstić information content (AvgIpc) is 3.28. The third-order valence-electron chi connectivity index (χ3n) is 5.40. The van der Waals surface area contributed by atoms with Crippen molar-refractivity contribution in [3.63, 3.8) is 0 Å². The zero-order valence-corrected chi connectivity index (χ0v) is 18.0. The highest BCUT2D eigenvalue weighted by Crippen LogP contribution is 2.24. The summed E-state index contributed by atoms with van der Waals surface area (Å²) in [6.07, 6.45) is 6.20. The van der Waals surface area contributed by atoms with Gasteiger partial charge in [-0.05, 0) is 55.7 Å². The molecule has 0 amide bonds. The van der Waals surface area contributed by atoms with Crippen molar-refractivity contribution in [3.8, 4) is 11.3 Å². The molecule has 1 aromatic carbocycles. The molecular formula is C21H24FN5O4S. The smallest absolute Gasteiger partial charge is 0.240 e. The van der Waals surface area contributed by atoms with Gasteiger partial charge in [-0.3, -0.25) is 9.67 Å². The molecule has 32 heavy (non-hydrogen) atoms. The number of ether oxygens (including phenoxy) is 1. The number of rotatable bonds is 8. The molecule has 3 atom stereocenters.